The molecule has 2 aromatic rings. The quantitative estimate of drug-likeness (QED) is 0.902. The van der Waals surface area contributed by atoms with Gasteiger partial charge >= 0.3 is 0 Å². The Kier molecular flexibility index (Phi) is 4.47. The number of ether oxygens (including phenoxy) is 1. The number of likely N-dealkylation sites (tertiary alicyclic amines) is 1. The van der Waals surface area contributed by atoms with Crippen molar-refractivity contribution < 1.29 is 9.53 Å². The van der Waals surface area contributed by atoms with Crippen LogP contribution < -0.4 is 10.1 Å². The zero-order valence-corrected chi connectivity index (χ0v) is 15.4. The molecule has 0 radical (unpaired) electrons. The summed E-state index contributed by atoms with van der Waals surface area (Å²) in [6.45, 7) is 6.20. The third kappa shape index (κ3) is 3.04. The third-order valence-corrected chi connectivity index (χ3v) is 6.05. The van der Waals surface area contributed by atoms with Crippen LogP contribution in [0.5, 0.6) is 5.75 Å². The molecular formula is C17H23N5O2S. The van der Waals surface area contributed by atoms with Crippen molar-refractivity contribution in [2.24, 2.45) is 0 Å². The maximum Gasteiger partial charge on any atom is 0.267 e. The summed E-state index contributed by atoms with van der Waals surface area (Å²) in [7, 11) is 1.62. The van der Waals surface area contributed by atoms with Gasteiger partial charge in [0.25, 0.3) is 5.91 Å². The van der Waals surface area contributed by atoms with Gasteiger partial charge in [0.1, 0.15) is 22.3 Å². The van der Waals surface area contributed by atoms with Crippen LogP contribution in [0.2, 0.25) is 0 Å². The molecule has 0 bridgehead atoms. The van der Waals surface area contributed by atoms with Crippen LogP contribution in [0, 0.1) is 6.92 Å². The summed E-state index contributed by atoms with van der Waals surface area (Å²) in [5.74, 6) is 3.27. The fraction of sp³-hybridized carbons (Fsp3) is 0.588. The van der Waals surface area contributed by atoms with Gasteiger partial charge in [0.05, 0.1) is 13.7 Å². The van der Waals surface area contributed by atoms with Crippen LogP contribution in [0.4, 0.5) is 0 Å². The number of piperidine rings is 1. The van der Waals surface area contributed by atoms with Gasteiger partial charge in [0.15, 0.2) is 0 Å². The Morgan fingerprint density at radius 3 is 2.88 bits per heavy atom. The van der Waals surface area contributed by atoms with Crippen LogP contribution in [-0.4, -0.2) is 52.3 Å². The van der Waals surface area contributed by atoms with Gasteiger partial charge in [-0.25, -0.2) is 0 Å². The number of hydrogen-bond donors (Lipinski definition) is 1. The number of carbonyl (C=O) groups is 1. The predicted octanol–water partition coefficient (Wildman–Crippen LogP) is 1.78. The monoisotopic (exact) mass is 361 g/mol. The van der Waals surface area contributed by atoms with Gasteiger partial charge in [-0.05, 0) is 25.8 Å². The SMILES string of the molecule is COc1cc(C)sc1C(=O)N1CCC(c2nnc3n2CCNC3)CC1. The molecule has 25 heavy (non-hydrogen) atoms. The molecule has 0 aliphatic carbocycles. The van der Waals surface area contributed by atoms with Gasteiger partial charge in [-0.1, -0.05) is 0 Å². The van der Waals surface area contributed by atoms with E-state index in [4.69, 9.17) is 4.74 Å². The summed E-state index contributed by atoms with van der Waals surface area (Å²) in [5, 5.41) is 12.1. The Morgan fingerprint density at radius 1 is 1.32 bits per heavy atom. The molecule has 1 saturated heterocycles. The fourth-order valence-electron chi connectivity index (χ4n) is 3.69. The lowest BCUT2D eigenvalue weighted by atomic mass is 9.95. The number of fused-ring (bicyclic) bond motifs is 1. The van der Waals surface area contributed by atoms with E-state index in [1.165, 1.54) is 11.3 Å². The molecule has 2 aliphatic heterocycles. The van der Waals surface area contributed by atoms with Crippen LogP contribution in [0.15, 0.2) is 6.07 Å². The number of methoxy groups -OCH3 is 1. The number of thiophene rings is 1. The van der Waals surface area contributed by atoms with Crippen molar-refractivity contribution in [2.45, 2.75) is 38.8 Å². The van der Waals surface area contributed by atoms with Crippen molar-refractivity contribution in [3.8, 4) is 5.75 Å². The number of aromatic nitrogens is 3. The lowest BCUT2D eigenvalue weighted by Gasteiger charge is -2.32. The minimum absolute atomic E-state index is 0.0841. The second-order valence-electron chi connectivity index (χ2n) is 6.62. The maximum absolute atomic E-state index is 12.8. The Hall–Kier alpha value is -1.93. The molecule has 4 rings (SSSR count). The van der Waals surface area contributed by atoms with Crippen molar-refractivity contribution in [1.82, 2.24) is 25.0 Å². The number of nitrogens with zero attached hydrogens (tertiary/aromatic N) is 4. The molecule has 1 amide bonds. The van der Waals surface area contributed by atoms with Crippen LogP contribution in [-0.2, 0) is 13.1 Å². The molecule has 0 aromatic carbocycles. The Morgan fingerprint density at radius 2 is 2.12 bits per heavy atom. The highest BCUT2D eigenvalue weighted by atomic mass is 32.1. The smallest absolute Gasteiger partial charge is 0.267 e. The van der Waals surface area contributed by atoms with Gasteiger partial charge in [0.2, 0.25) is 0 Å². The minimum Gasteiger partial charge on any atom is -0.495 e. The van der Waals surface area contributed by atoms with Gasteiger partial charge in [-0.15, -0.1) is 21.5 Å². The van der Waals surface area contributed by atoms with Gasteiger partial charge in [-0.2, -0.15) is 0 Å². The standard InChI is InChI=1S/C17H23N5O2S/c1-11-9-13(24-2)15(25-11)17(23)21-6-3-12(4-7-21)16-20-19-14-10-18-5-8-22(14)16/h9,12,18H,3-8,10H2,1-2H3. The lowest BCUT2D eigenvalue weighted by Crippen LogP contribution is -2.38. The van der Waals surface area contributed by atoms with Crippen LogP contribution >= 0.6 is 11.3 Å². The van der Waals surface area contributed by atoms with E-state index in [9.17, 15) is 4.79 Å². The number of aryl methyl sites for hydroxylation is 1. The van der Waals surface area contributed by atoms with Gasteiger partial charge in [0, 0.05) is 37.0 Å². The molecule has 2 aliphatic rings. The first-order valence-electron chi connectivity index (χ1n) is 8.73. The Balaban J connectivity index is 1.44. The maximum atomic E-state index is 12.8. The molecule has 0 atom stereocenters. The third-order valence-electron chi connectivity index (χ3n) is 5.03. The molecule has 0 saturated carbocycles. The summed E-state index contributed by atoms with van der Waals surface area (Å²) >= 11 is 1.51. The van der Waals surface area contributed by atoms with Crippen molar-refractivity contribution >= 4 is 17.2 Å². The zero-order chi connectivity index (χ0) is 17.4. The summed E-state index contributed by atoms with van der Waals surface area (Å²) < 4.78 is 7.61. The summed E-state index contributed by atoms with van der Waals surface area (Å²) in [6.07, 6.45) is 1.87. The average molecular weight is 361 g/mol. The van der Waals surface area contributed by atoms with Crippen molar-refractivity contribution in [3.63, 3.8) is 0 Å². The van der Waals surface area contributed by atoms with Crippen molar-refractivity contribution in [2.75, 3.05) is 26.7 Å². The van der Waals surface area contributed by atoms with Crippen LogP contribution in [0.3, 0.4) is 0 Å². The Bertz CT molecular complexity index is 776. The van der Waals surface area contributed by atoms with E-state index in [0.29, 0.717) is 16.5 Å². The number of rotatable bonds is 3. The van der Waals surface area contributed by atoms with E-state index < -0.39 is 0 Å². The van der Waals surface area contributed by atoms with Crippen molar-refractivity contribution in [3.05, 3.63) is 27.5 Å². The highest BCUT2D eigenvalue weighted by Gasteiger charge is 2.30. The molecule has 1 fully saturated rings. The summed E-state index contributed by atoms with van der Waals surface area (Å²) in [4.78, 5) is 16.6. The predicted molar refractivity (Wildman–Crippen MR) is 95.2 cm³/mol. The molecule has 134 valence electrons. The molecule has 0 spiro atoms. The summed E-state index contributed by atoms with van der Waals surface area (Å²) in [6, 6.07) is 1.93. The molecule has 4 heterocycles. The highest BCUT2D eigenvalue weighted by molar-refractivity contribution is 7.14. The average Bonchev–Trinajstić information content (AvgIpc) is 3.24. The number of amides is 1. The number of carbonyl (C=O) groups excluding carboxylic acids is 1. The van der Waals surface area contributed by atoms with Crippen LogP contribution in [0.25, 0.3) is 0 Å². The first-order valence-corrected chi connectivity index (χ1v) is 9.55. The van der Waals surface area contributed by atoms with Crippen molar-refractivity contribution in [1.29, 1.82) is 0 Å². The first kappa shape index (κ1) is 16.5. The van der Waals surface area contributed by atoms with E-state index in [2.05, 4.69) is 20.1 Å². The molecule has 8 heteroatoms. The Labute approximate surface area is 151 Å². The highest BCUT2D eigenvalue weighted by Crippen LogP contribution is 2.33. The second-order valence-corrected chi connectivity index (χ2v) is 7.88. The molecule has 7 nitrogen and oxygen atoms in total. The molecular weight excluding hydrogens is 338 g/mol. The molecule has 0 unspecified atom stereocenters. The zero-order valence-electron chi connectivity index (χ0n) is 14.6. The number of hydrogen-bond acceptors (Lipinski definition) is 6. The van der Waals surface area contributed by atoms with Gasteiger partial charge < -0.3 is 19.5 Å². The van der Waals surface area contributed by atoms with E-state index in [1.807, 2.05) is 17.9 Å². The first-order chi connectivity index (χ1) is 12.2. The minimum atomic E-state index is 0.0841. The van der Waals surface area contributed by atoms with E-state index in [1.54, 1.807) is 7.11 Å². The number of nitrogens with one attached hydrogen (secondary N) is 1. The van der Waals surface area contributed by atoms with E-state index in [-0.39, 0.29) is 5.91 Å². The normalized spacial score (nSPS) is 18.2. The molecule has 2 aromatic heterocycles. The topological polar surface area (TPSA) is 72.3 Å². The second kappa shape index (κ2) is 6.76. The lowest BCUT2D eigenvalue weighted by molar-refractivity contribution is 0.0712. The summed E-state index contributed by atoms with van der Waals surface area (Å²) in [5.41, 5.74) is 0. The van der Waals surface area contributed by atoms with Crippen LogP contribution in [0.1, 0.15) is 45.0 Å². The van der Waals surface area contributed by atoms with E-state index in [0.717, 1.165) is 62.1 Å². The molecule has 1 N–H and O–H groups in total. The largest absolute Gasteiger partial charge is 0.495 e. The van der Waals surface area contributed by atoms with E-state index >= 15 is 0 Å². The fourth-order valence-corrected chi connectivity index (χ4v) is 4.64. The van der Waals surface area contributed by atoms with Gasteiger partial charge in [-0.3, -0.25) is 4.79 Å².